The van der Waals surface area contributed by atoms with Gasteiger partial charge in [-0.1, -0.05) is 30.3 Å². The van der Waals surface area contributed by atoms with Gasteiger partial charge < -0.3 is 10.2 Å². The van der Waals surface area contributed by atoms with Crippen LogP contribution in [-0.2, 0) is 10.4 Å². The molecule has 14 heavy (non-hydrogen) atoms. The minimum atomic E-state index is -1.79. The summed E-state index contributed by atoms with van der Waals surface area (Å²) in [5.74, 6) is -0.460. The number of Topliss-reactive ketones (excluding diaryl/α,β-unsaturated/α-hetero) is 1. The third kappa shape index (κ3) is 1.69. The molecule has 0 unspecified atom stereocenters. The van der Waals surface area contributed by atoms with E-state index in [2.05, 4.69) is 0 Å². The van der Waals surface area contributed by atoms with Gasteiger partial charge in [0.05, 0.1) is 6.10 Å². The topological polar surface area (TPSA) is 57.5 Å². The van der Waals surface area contributed by atoms with E-state index in [9.17, 15) is 15.0 Å². The van der Waals surface area contributed by atoms with E-state index in [-0.39, 0.29) is 0 Å². The van der Waals surface area contributed by atoms with Crippen molar-refractivity contribution in [2.45, 2.75) is 25.6 Å². The number of aliphatic hydroxyl groups is 2. The Bertz CT molecular complexity index is 319. The highest BCUT2D eigenvalue weighted by atomic mass is 16.3. The summed E-state index contributed by atoms with van der Waals surface area (Å²) in [6.45, 7) is 2.66. The summed E-state index contributed by atoms with van der Waals surface area (Å²) in [6, 6.07) is 8.45. The highest BCUT2D eigenvalue weighted by Crippen LogP contribution is 2.25. The number of hydrogen-bond donors (Lipinski definition) is 2. The number of benzene rings is 1. The van der Waals surface area contributed by atoms with E-state index in [0.717, 1.165) is 0 Å². The highest BCUT2D eigenvalue weighted by molar-refractivity contribution is 5.86. The van der Waals surface area contributed by atoms with Gasteiger partial charge in [-0.3, -0.25) is 4.79 Å². The maximum absolute atomic E-state index is 11.3. The van der Waals surface area contributed by atoms with Crippen LogP contribution in [0.1, 0.15) is 19.4 Å². The number of rotatable bonds is 3. The van der Waals surface area contributed by atoms with Crippen LogP contribution in [0.5, 0.6) is 0 Å². The molecule has 3 heteroatoms. The lowest BCUT2D eigenvalue weighted by Gasteiger charge is -2.28. The molecule has 0 aliphatic carbocycles. The van der Waals surface area contributed by atoms with Gasteiger partial charge in [-0.25, -0.2) is 0 Å². The fraction of sp³-hybridized carbons (Fsp3) is 0.364. The molecule has 0 amide bonds. The molecule has 0 fully saturated rings. The Morgan fingerprint density at radius 3 is 2.21 bits per heavy atom. The second-order valence-corrected chi connectivity index (χ2v) is 3.36. The Balaban J connectivity index is 3.20. The normalized spacial score (nSPS) is 17.1. The average Bonchev–Trinajstić information content (AvgIpc) is 2.17. The van der Waals surface area contributed by atoms with Crippen molar-refractivity contribution in [3.63, 3.8) is 0 Å². The summed E-state index contributed by atoms with van der Waals surface area (Å²) in [4.78, 5) is 11.3. The van der Waals surface area contributed by atoms with Crippen LogP contribution >= 0.6 is 0 Å². The molecule has 0 aromatic heterocycles. The predicted molar refractivity (Wildman–Crippen MR) is 52.7 cm³/mol. The molecule has 1 rings (SSSR count). The van der Waals surface area contributed by atoms with Crippen molar-refractivity contribution < 1.29 is 15.0 Å². The maximum Gasteiger partial charge on any atom is 0.173 e. The first-order valence-electron chi connectivity index (χ1n) is 4.46. The van der Waals surface area contributed by atoms with Gasteiger partial charge in [0, 0.05) is 0 Å². The SMILES string of the molecule is CC(=O)[C@@](O)(c1ccccc1)[C@H](C)O. The van der Waals surface area contributed by atoms with Gasteiger partial charge in [-0.05, 0) is 19.4 Å². The number of aliphatic hydroxyl groups excluding tert-OH is 1. The van der Waals surface area contributed by atoms with Crippen molar-refractivity contribution in [2.75, 3.05) is 0 Å². The van der Waals surface area contributed by atoms with E-state index in [0.29, 0.717) is 5.56 Å². The summed E-state index contributed by atoms with van der Waals surface area (Å²) < 4.78 is 0. The fourth-order valence-electron chi connectivity index (χ4n) is 1.43. The lowest BCUT2D eigenvalue weighted by molar-refractivity contribution is -0.148. The monoisotopic (exact) mass is 194 g/mol. The van der Waals surface area contributed by atoms with Crippen LogP contribution in [0.4, 0.5) is 0 Å². The quantitative estimate of drug-likeness (QED) is 0.749. The molecule has 0 bridgehead atoms. The van der Waals surface area contributed by atoms with Gasteiger partial charge >= 0.3 is 0 Å². The predicted octanol–water partition coefficient (Wildman–Crippen LogP) is 0.844. The zero-order chi connectivity index (χ0) is 10.8. The zero-order valence-corrected chi connectivity index (χ0v) is 8.27. The van der Waals surface area contributed by atoms with Crippen molar-refractivity contribution in [3.8, 4) is 0 Å². The maximum atomic E-state index is 11.3. The van der Waals surface area contributed by atoms with Gasteiger partial charge in [0.2, 0.25) is 0 Å². The second kappa shape index (κ2) is 3.90. The minimum absolute atomic E-state index is 0.419. The van der Waals surface area contributed by atoms with Crippen molar-refractivity contribution in [2.24, 2.45) is 0 Å². The molecular weight excluding hydrogens is 180 g/mol. The van der Waals surface area contributed by atoms with E-state index >= 15 is 0 Å². The molecule has 0 aliphatic heterocycles. The Morgan fingerprint density at radius 2 is 1.86 bits per heavy atom. The van der Waals surface area contributed by atoms with Crippen molar-refractivity contribution >= 4 is 5.78 Å². The largest absolute Gasteiger partial charge is 0.390 e. The number of carbonyl (C=O) groups is 1. The zero-order valence-electron chi connectivity index (χ0n) is 8.27. The molecule has 0 saturated carbocycles. The second-order valence-electron chi connectivity index (χ2n) is 3.36. The van der Waals surface area contributed by atoms with Gasteiger partial charge in [0.25, 0.3) is 0 Å². The molecule has 0 heterocycles. The van der Waals surface area contributed by atoms with Gasteiger partial charge in [-0.2, -0.15) is 0 Å². The van der Waals surface area contributed by atoms with Crippen LogP contribution in [0.15, 0.2) is 30.3 Å². The molecule has 3 nitrogen and oxygen atoms in total. The standard InChI is InChI=1S/C11H14O3/c1-8(12)11(14,9(2)13)10-6-4-3-5-7-10/h3-8,12,14H,1-2H3/t8-,11+/m0/s1. The van der Waals surface area contributed by atoms with Crippen LogP contribution in [0.3, 0.4) is 0 Å². The lowest BCUT2D eigenvalue weighted by atomic mass is 9.85. The third-order valence-electron chi connectivity index (χ3n) is 2.36. The van der Waals surface area contributed by atoms with E-state index in [4.69, 9.17) is 0 Å². The van der Waals surface area contributed by atoms with Crippen LogP contribution < -0.4 is 0 Å². The molecular formula is C11H14O3. The summed E-state index contributed by atoms with van der Waals surface area (Å²) in [6.07, 6.45) is -1.12. The smallest absolute Gasteiger partial charge is 0.173 e. The first-order chi connectivity index (χ1) is 6.49. The average molecular weight is 194 g/mol. The van der Waals surface area contributed by atoms with Gasteiger partial charge in [0.15, 0.2) is 11.4 Å². The summed E-state index contributed by atoms with van der Waals surface area (Å²) in [5.41, 5.74) is -1.37. The van der Waals surface area contributed by atoms with Crippen molar-refractivity contribution in [1.29, 1.82) is 0 Å². The van der Waals surface area contributed by atoms with Gasteiger partial charge in [-0.15, -0.1) is 0 Å². The molecule has 0 spiro atoms. The summed E-state index contributed by atoms with van der Waals surface area (Å²) in [7, 11) is 0. The molecule has 76 valence electrons. The van der Waals surface area contributed by atoms with Crippen LogP contribution in [0.2, 0.25) is 0 Å². The Labute approximate surface area is 83.0 Å². The summed E-state index contributed by atoms with van der Waals surface area (Å²) in [5, 5.41) is 19.5. The molecule has 0 radical (unpaired) electrons. The molecule has 1 aromatic rings. The van der Waals surface area contributed by atoms with Crippen molar-refractivity contribution in [3.05, 3.63) is 35.9 Å². The molecule has 1 aromatic carbocycles. The molecule has 0 aliphatic rings. The molecule has 0 saturated heterocycles. The molecule has 2 atom stereocenters. The van der Waals surface area contributed by atoms with Crippen molar-refractivity contribution in [1.82, 2.24) is 0 Å². The Morgan fingerprint density at radius 1 is 1.36 bits per heavy atom. The number of ketones is 1. The number of hydrogen-bond acceptors (Lipinski definition) is 3. The third-order valence-corrected chi connectivity index (χ3v) is 2.36. The lowest BCUT2D eigenvalue weighted by Crippen LogP contribution is -2.43. The first-order valence-corrected chi connectivity index (χ1v) is 4.46. The van der Waals surface area contributed by atoms with E-state index in [1.165, 1.54) is 13.8 Å². The van der Waals surface area contributed by atoms with Gasteiger partial charge in [0.1, 0.15) is 0 Å². The van der Waals surface area contributed by atoms with E-state index in [1.807, 2.05) is 0 Å². The Hall–Kier alpha value is -1.19. The summed E-state index contributed by atoms with van der Waals surface area (Å²) >= 11 is 0. The van der Waals surface area contributed by atoms with E-state index in [1.54, 1.807) is 30.3 Å². The van der Waals surface area contributed by atoms with Crippen LogP contribution in [-0.4, -0.2) is 22.1 Å². The van der Waals surface area contributed by atoms with E-state index < -0.39 is 17.5 Å². The van der Waals surface area contributed by atoms with Crippen LogP contribution in [0, 0.1) is 0 Å². The molecule has 2 N–H and O–H groups in total. The minimum Gasteiger partial charge on any atom is -0.390 e. The highest BCUT2D eigenvalue weighted by Gasteiger charge is 2.39. The first kappa shape index (κ1) is 10.9. The van der Waals surface area contributed by atoms with Crippen LogP contribution in [0.25, 0.3) is 0 Å². The Kier molecular flexibility index (Phi) is 3.03. The fourth-order valence-corrected chi connectivity index (χ4v) is 1.43. The number of carbonyl (C=O) groups excluding carboxylic acids is 1.